The smallest absolute Gasteiger partial charge is 0.246 e. The minimum atomic E-state index is -0.442. The molecule has 2 N–H and O–H groups in total. The maximum absolute atomic E-state index is 12.4. The van der Waals surface area contributed by atoms with Gasteiger partial charge in [-0.1, -0.05) is 0 Å². The molecule has 1 unspecified atom stereocenters. The quantitative estimate of drug-likeness (QED) is 0.764. The molecular weight excluding hydrogens is 296 g/mol. The van der Waals surface area contributed by atoms with E-state index < -0.39 is 5.60 Å². The monoisotopic (exact) mass is 320 g/mol. The summed E-state index contributed by atoms with van der Waals surface area (Å²) in [7, 11) is 3.27. The van der Waals surface area contributed by atoms with Crippen LogP contribution in [0.4, 0.5) is 0 Å². The van der Waals surface area contributed by atoms with Crippen LogP contribution in [-0.4, -0.2) is 59.5 Å². The largest absolute Gasteiger partial charge is 0.376 e. The first-order valence-corrected chi connectivity index (χ1v) is 7.80. The third kappa shape index (κ3) is 4.66. The zero-order chi connectivity index (χ0) is 16.7. The van der Waals surface area contributed by atoms with E-state index in [4.69, 9.17) is 4.74 Å². The van der Waals surface area contributed by atoms with Crippen LogP contribution in [-0.2, 0) is 14.3 Å². The van der Waals surface area contributed by atoms with Gasteiger partial charge in [0.2, 0.25) is 11.8 Å². The van der Waals surface area contributed by atoms with Gasteiger partial charge >= 0.3 is 0 Å². The molecule has 23 heavy (non-hydrogen) atoms. The molecule has 0 aliphatic carbocycles. The highest BCUT2D eigenvalue weighted by Gasteiger charge is 2.36. The van der Waals surface area contributed by atoms with Crippen molar-refractivity contribution in [3.05, 3.63) is 24.3 Å². The number of carbonyl (C=O) groups is 2. The van der Waals surface area contributed by atoms with E-state index in [0.29, 0.717) is 25.9 Å². The summed E-state index contributed by atoms with van der Waals surface area (Å²) in [6.45, 7) is 1.21. The fraction of sp³-hybridized carbons (Fsp3) is 0.562. The molecule has 126 valence electrons. The van der Waals surface area contributed by atoms with Gasteiger partial charge in [0.1, 0.15) is 0 Å². The molecule has 7 nitrogen and oxygen atoms in total. The van der Waals surface area contributed by atoms with Gasteiger partial charge in [-0.05, 0) is 25.3 Å². The number of rotatable bonds is 6. The lowest BCUT2D eigenvalue weighted by Crippen LogP contribution is -2.51. The molecule has 1 aromatic heterocycles. The second-order valence-corrected chi connectivity index (χ2v) is 5.76. The van der Waals surface area contributed by atoms with Gasteiger partial charge in [0, 0.05) is 39.7 Å². The lowest BCUT2D eigenvalue weighted by molar-refractivity contribution is -0.136. The summed E-state index contributed by atoms with van der Waals surface area (Å²) in [5.74, 6) is -0.0651. The molecule has 0 saturated carbocycles. The number of methoxy groups -OCH3 is 1. The second kappa shape index (κ2) is 7.92. The minimum absolute atomic E-state index is 0.0102. The highest BCUT2D eigenvalue weighted by molar-refractivity contribution is 5.91. The SMILES string of the molecule is CNC(=O)CCC1(OC)CCCN(C(=O)/C=C/c2cnc[nH]2)C1. The lowest BCUT2D eigenvalue weighted by Gasteiger charge is -2.41. The van der Waals surface area contributed by atoms with Gasteiger partial charge in [-0.3, -0.25) is 9.59 Å². The van der Waals surface area contributed by atoms with Crippen molar-refractivity contribution in [2.45, 2.75) is 31.3 Å². The Morgan fingerprint density at radius 2 is 2.39 bits per heavy atom. The highest BCUT2D eigenvalue weighted by Crippen LogP contribution is 2.29. The number of likely N-dealkylation sites (tertiary alicyclic amines) is 1. The van der Waals surface area contributed by atoms with Crippen molar-refractivity contribution in [1.82, 2.24) is 20.2 Å². The van der Waals surface area contributed by atoms with Crippen LogP contribution in [0.1, 0.15) is 31.4 Å². The number of nitrogens with zero attached hydrogens (tertiary/aromatic N) is 2. The first-order valence-electron chi connectivity index (χ1n) is 7.80. The lowest BCUT2D eigenvalue weighted by atomic mass is 9.87. The zero-order valence-corrected chi connectivity index (χ0v) is 13.7. The third-order valence-corrected chi connectivity index (χ3v) is 4.30. The molecule has 0 bridgehead atoms. The fourth-order valence-electron chi connectivity index (χ4n) is 2.85. The van der Waals surface area contributed by atoms with Gasteiger partial charge in [-0.2, -0.15) is 0 Å². The second-order valence-electron chi connectivity index (χ2n) is 5.76. The van der Waals surface area contributed by atoms with Gasteiger partial charge in [0.25, 0.3) is 0 Å². The first kappa shape index (κ1) is 17.2. The number of aromatic amines is 1. The summed E-state index contributed by atoms with van der Waals surface area (Å²) in [5.41, 5.74) is 0.343. The highest BCUT2D eigenvalue weighted by atomic mass is 16.5. The van der Waals surface area contributed by atoms with Gasteiger partial charge in [0.05, 0.1) is 23.8 Å². The number of nitrogens with one attached hydrogen (secondary N) is 2. The first-order chi connectivity index (χ1) is 11.1. The van der Waals surface area contributed by atoms with Gasteiger partial charge in [0.15, 0.2) is 0 Å². The van der Waals surface area contributed by atoms with E-state index in [1.807, 2.05) is 0 Å². The number of amides is 2. The molecule has 1 fully saturated rings. The number of imidazole rings is 1. The maximum Gasteiger partial charge on any atom is 0.246 e. The molecule has 2 heterocycles. The average Bonchev–Trinajstić information content (AvgIpc) is 3.11. The summed E-state index contributed by atoms with van der Waals surface area (Å²) >= 11 is 0. The molecule has 2 amide bonds. The number of hydrogen-bond donors (Lipinski definition) is 2. The molecule has 1 aromatic rings. The average molecular weight is 320 g/mol. The molecule has 2 rings (SSSR count). The van der Waals surface area contributed by atoms with E-state index in [9.17, 15) is 9.59 Å². The van der Waals surface area contributed by atoms with Crippen molar-refractivity contribution in [2.75, 3.05) is 27.2 Å². The maximum atomic E-state index is 12.4. The molecular formula is C16H24N4O3. The number of carbonyl (C=O) groups excluding carboxylic acids is 2. The van der Waals surface area contributed by atoms with Crippen LogP contribution in [0.3, 0.4) is 0 Å². The van der Waals surface area contributed by atoms with E-state index in [2.05, 4.69) is 15.3 Å². The Morgan fingerprint density at radius 3 is 3.04 bits per heavy atom. The van der Waals surface area contributed by atoms with Crippen LogP contribution >= 0.6 is 0 Å². The Kier molecular flexibility index (Phi) is 5.92. The van der Waals surface area contributed by atoms with Crippen LogP contribution in [0.5, 0.6) is 0 Å². The number of piperidine rings is 1. The molecule has 1 atom stereocenters. The summed E-state index contributed by atoms with van der Waals surface area (Å²) < 4.78 is 5.69. The van der Waals surface area contributed by atoms with Crippen molar-refractivity contribution >= 4 is 17.9 Å². The molecule has 1 aliphatic rings. The number of hydrogen-bond acceptors (Lipinski definition) is 4. The van der Waals surface area contributed by atoms with Crippen molar-refractivity contribution < 1.29 is 14.3 Å². The Hall–Kier alpha value is -2.15. The van der Waals surface area contributed by atoms with Crippen LogP contribution in [0.25, 0.3) is 6.08 Å². The summed E-state index contributed by atoms with van der Waals surface area (Å²) in [5, 5.41) is 2.62. The predicted octanol–water partition coefficient (Wildman–Crippen LogP) is 0.957. The van der Waals surface area contributed by atoms with Crippen molar-refractivity contribution in [1.29, 1.82) is 0 Å². The standard InChI is InChI=1S/C16H24N4O3/c1-17-14(21)6-8-16(23-2)7-3-9-20(11-16)15(22)5-4-13-10-18-12-19-13/h4-5,10,12H,3,6-9,11H2,1-2H3,(H,17,21)(H,18,19)/b5-4+. The Balaban J connectivity index is 1.97. The Labute approximate surface area is 136 Å². The molecule has 0 radical (unpaired) electrons. The summed E-state index contributed by atoms with van der Waals surface area (Å²) in [6, 6.07) is 0. The van der Waals surface area contributed by atoms with Crippen LogP contribution in [0.15, 0.2) is 18.6 Å². The van der Waals surface area contributed by atoms with Crippen molar-refractivity contribution in [2.24, 2.45) is 0 Å². The van der Waals surface area contributed by atoms with Crippen LogP contribution in [0, 0.1) is 0 Å². The van der Waals surface area contributed by atoms with Gasteiger partial charge in [-0.15, -0.1) is 0 Å². The predicted molar refractivity (Wildman–Crippen MR) is 86.5 cm³/mol. The number of ether oxygens (including phenoxy) is 1. The Bertz CT molecular complexity index is 556. The molecule has 0 spiro atoms. The molecule has 1 aliphatic heterocycles. The summed E-state index contributed by atoms with van der Waals surface area (Å²) in [6.07, 6.45) is 9.21. The molecule has 0 aromatic carbocycles. The van der Waals surface area contributed by atoms with Crippen molar-refractivity contribution in [3.63, 3.8) is 0 Å². The van der Waals surface area contributed by atoms with E-state index in [1.54, 1.807) is 37.7 Å². The molecule has 7 heteroatoms. The molecule has 1 saturated heterocycles. The van der Waals surface area contributed by atoms with E-state index >= 15 is 0 Å². The Morgan fingerprint density at radius 1 is 1.57 bits per heavy atom. The fourth-order valence-corrected chi connectivity index (χ4v) is 2.85. The third-order valence-electron chi connectivity index (χ3n) is 4.30. The van der Waals surface area contributed by atoms with Crippen molar-refractivity contribution in [3.8, 4) is 0 Å². The van der Waals surface area contributed by atoms with E-state index in [0.717, 1.165) is 18.5 Å². The zero-order valence-electron chi connectivity index (χ0n) is 13.7. The van der Waals surface area contributed by atoms with E-state index in [-0.39, 0.29) is 11.8 Å². The number of H-pyrrole nitrogens is 1. The minimum Gasteiger partial charge on any atom is -0.376 e. The van der Waals surface area contributed by atoms with Gasteiger partial charge < -0.3 is 19.9 Å². The van der Waals surface area contributed by atoms with Crippen LogP contribution in [0.2, 0.25) is 0 Å². The van der Waals surface area contributed by atoms with Gasteiger partial charge in [-0.25, -0.2) is 4.98 Å². The number of aromatic nitrogens is 2. The normalized spacial score (nSPS) is 21.6. The topological polar surface area (TPSA) is 87.3 Å². The van der Waals surface area contributed by atoms with Crippen LogP contribution < -0.4 is 5.32 Å². The summed E-state index contributed by atoms with van der Waals surface area (Å²) in [4.78, 5) is 32.5. The van der Waals surface area contributed by atoms with E-state index in [1.165, 1.54) is 6.08 Å².